The average Bonchev–Trinajstić information content (AvgIpc) is 2.61. The zero-order valence-electron chi connectivity index (χ0n) is 13.0. The van der Waals surface area contributed by atoms with Gasteiger partial charge in [0.15, 0.2) is 0 Å². The molecule has 19 heavy (non-hydrogen) atoms. The van der Waals surface area contributed by atoms with Crippen molar-refractivity contribution >= 4 is 23.0 Å². The Kier molecular flexibility index (Phi) is 5.98. The van der Waals surface area contributed by atoms with Crippen LogP contribution in [-0.4, -0.2) is 30.1 Å². The number of nitrogens with zero attached hydrogens (tertiary/aromatic N) is 1. The summed E-state index contributed by atoms with van der Waals surface area (Å²) < 4.78 is 18.1. The first-order valence-corrected chi connectivity index (χ1v) is 7.66. The highest BCUT2D eigenvalue weighted by Gasteiger charge is 2.37. The lowest BCUT2D eigenvalue weighted by molar-refractivity contribution is 0.0153. The van der Waals surface area contributed by atoms with Crippen LogP contribution in [0.25, 0.3) is 0 Å². The minimum atomic E-state index is -1.99. The van der Waals surface area contributed by atoms with E-state index in [9.17, 15) is 0 Å². The summed E-state index contributed by atoms with van der Waals surface area (Å²) in [6.45, 7) is 11.9. The van der Waals surface area contributed by atoms with Crippen molar-refractivity contribution in [2.24, 2.45) is 0 Å². The van der Waals surface area contributed by atoms with Gasteiger partial charge in [0.05, 0.1) is 0 Å². The first-order chi connectivity index (χ1) is 8.75. The van der Waals surface area contributed by atoms with E-state index in [-0.39, 0.29) is 18.3 Å². The second-order valence-electron chi connectivity index (χ2n) is 5.51. The number of aromatic nitrogens is 1. The van der Waals surface area contributed by atoms with Gasteiger partial charge < -0.3 is 14.0 Å². The molecule has 0 aliphatic carbocycles. The van der Waals surface area contributed by atoms with Crippen LogP contribution in [0.2, 0.25) is 0 Å². The van der Waals surface area contributed by atoms with Crippen molar-refractivity contribution in [3.05, 3.63) is 11.1 Å². The molecule has 4 nitrogen and oxygen atoms in total. The second kappa shape index (κ2) is 6.84. The molecule has 1 heterocycles. The molecule has 0 amide bonds. The van der Waals surface area contributed by atoms with Crippen molar-refractivity contribution in [1.82, 2.24) is 4.98 Å². The monoisotopic (exact) mass is 286 g/mol. The van der Waals surface area contributed by atoms with Crippen molar-refractivity contribution in [2.45, 2.75) is 66.8 Å². The van der Waals surface area contributed by atoms with Gasteiger partial charge in [0, 0.05) is 34.3 Å². The third-order valence-electron chi connectivity index (χ3n) is 2.30. The summed E-state index contributed by atoms with van der Waals surface area (Å²) in [5.41, 5.74) is 0. The highest BCUT2D eigenvalue weighted by Crippen LogP contribution is 2.20. The van der Waals surface area contributed by atoms with Gasteiger partial charge in [-0.25, -0.2) is 0 Å². The van der Waals surface area contributed by atoms with E-state index in [2.05, 4.69) is 4.98 Å². The zero-order chi connectivity index (χ0) is 14.6. The van der Waals surface area contributed by atoms with Crippen molar-refractivity contribution in [3.8, 4) is 0 Å². The van der Waals surface area contributed by atoms with Crippen molar-refractivity contribution in [3.63, 3.8) is 0 Å². The normalized spacial score (nSPS) is 12.9. The summed E-state index contributed by atoms with van der Waals surface area (Å²) in [5.74, 6) is 0. The molecular formula is C13H25BNO3S-. The molecule has 1 rings (SSSR count). The van der Waals surface area contributed by atoms with Crippen LogP contribution >= 0.6 is 11.3 Å². The lowest BCUT2D eigenvalue weighted by Gasteiger charge is -2.44. The van der Waals surface area contributed by atoms with Crippen molar-refractivity contribution in [1.29, 1.82) is 0 Å². The maximum Gasteiger partial charge on any atom is 0.438 e. The Labute approximate surface area is 120 Å². The second-order valence-corrected chi connectivity index (χ2v) is 6.77. The summed E-state index contributed by atoms with van der Waals surface area (Å²) in [4.78, 5) is 6.31. The predicted molar refractivity (Wildman–Crippen MR) is 80.9 cm³/mol. The lowest BCUT2D eigenvalue weighted by Crippen LogP contribution is -2.60. The van der Waals surface area contributed by atoms with E-state index in [4.69, 9.17) is 14.0 Å². The van der Waals surface area contributed by atoms with Gasteiger partial charge in [-0.05, 0) is 48.5 Å². The van der Waals surface area contributed by atoms with Crippen LogP contribution in [0.4, 0.5) is 0 Å². The minimum Gasteiger partial charge on any atom is -0.537 e. The fourth-order valence-corrected chi connectivity index (χ4v) is 2.73. The standard InChI is InChI=1S/C13H25BNO3S/c1-9(2)16-14(17-10(3)4,18-11(5)6)13-15-8-12(7)19-13/h8-11H,1-7H3/q-1. The molecule has 0 bridgehead atoms. The molecule has 0 spiro atoms. The highest BCUT2D eigenvalue weighted by atomic mass is 32.1. The van der Waals surface area contributed by atoms with E-state index >= 15 is 0 Å². The average molecular weight is 286 g/mol. The van der Waals surface area contributed by atoms with Gasteiger partial charge in [0.25, 0.3) is 0 Å². The Morgan fingerprint density at radius 2 is 1.37 bits per heavy atom. The van der Waals surface area contributed by atoms with Gasteiger partial charge in [0.2, 0.25) is 0 Å². The number of aryl methyl sites for hydroxylation is 1. The van der Waals surface area contributed by atoms with E-state index < -0.39 is 6.75 Å². The summed E-state index contributed by atoms with van der Waals surface area (Å²) in [5, 5.41) is 0. The van der Waals surface area contributed by atoms with Gasteiger partial charge in [-0.2, -0.15) is 11.3 Å². The molecule has 0 radical (unpaired) electrons. The Morgan fingerprint density at radius 3 is 1.63 bits per heavy atom. The molecule has 1 aromatic heterocycles. The van der Waals surface area contributed by atoms with E-state index in [0.717, 1.165) is 9.78 Å². The Morgan fingerprint density at radius 1 is 0.947 bits per heavy atom. The molecule has 1 aromatic rings. The van der Waals surface area contributed by atoms with Gasteiger partial charge in [-0.1, -0.05) is 0 Å². The van der Waals surface area contributed by atoms with Crippen LogP contribution in [0.5, 0.6) is 0 Å². The first-order valence-electron chi connectivity index (χ1n) is 6.85. The third-order valence-corrected chi connectivity index (χ3v) is 3.33. The van der Waals surface area contributed by atoms with Gasteiger partial charge in [-0.3, -0.25) is 4.98 Å². The smallest absolute Gasteiger partial charge is 0.438 e. The fourth-order valence-electron chi connectivity index (χ4n) is 1.88. The van der Waals surface area contributed by atoms with Crippen LogP contribution in [0.15, 0.2) is 6.20 Å². The number of thiazole rings is 1. The van der Waals surface area contributed by atoms with E-state index in [1.807, 2.05) is 54.7 Å². The summed E-state index contributed by atoms with van der Waals surface area (Å²) >= 11 is 1.56. The van der Waals surface area contributed by atoms with Crippen molar-refractivity contribution < 1.29 is 14.0 Å². The number of rotatable bonds is 7. The molecule has 6 heteroatoms. The molecule has 0 saturated heterocycles. The quantitative estimate of drug-likeness (QED) is 0.723. The van der Waals surface area contributed by atoms with Gasteiger partial charge in [0.1, 0.15) is 0 Å². The first kappa shape index (κ1) is 16.6. The maximum absolute atomic E-state index is 6.02. The van der Waals surface area contributed by atoms with Crippen LogP contribution in [0, 0.1) is 6.92 Å². The molecule has 0 unspecified atom stereocenters. The lowest BCUT2D eigenvalue weighted by atomic mass is 9.77. The molecule has 0 aliphatic heterocycles. The fraction of sp³-hybridized carbons (Fsp3) is 0.769. The van der Waals surface area contributed by atoms with E-state index in [1.165, 1.54) is 0 Å². The SMILES string of the molecule is Cc1cnc([B-](OC(C)C)(OC(C)C)OC(C)C)s1. The van der Waals surface area contributed by atoms with E-state index in [1.54, 1.807) is 11.3 Å². The summed E-state index contributed by atoms with van der Waals surface area (Å²) in [6.07, 6.45) is 1.83. The predicted octanol–water partition coefficient (Wildman–Crippen LogP) is 2.87. The van der Waals surface area contributed by atoms with Gasteiger partial charge in [-0.15, -0.1) is 0 Å². The largest absolute Gasteiger partial charge is 0.537 e. The van der Waals surface area contributed by atoms with Crippen LogP contribution in [0.1, 0.15) is 46.4 Å². The molecule has 0 saturated carbocycles. The molecule has 0 fully saturated rings. The summed E-state index contributed by atoms with van der Waals surface area (Å²) in [7, 11) is 0. The number of hydrogen-bond acceptors (Lipinski definition) is 5. The Balaban J connectivity index is 3.16. The zero-order valence-corrected chi connectivity index (χ0v) is 13.8. The molecule has 0 aromatic carbocycles. The molecular weight excluding hydrogens is 261 g/mol. The van der Waals surface area contributed by atoms with Crippen LogP contribution < -0.4 is 4.91 Å². The third kappa shape index (κ3) is 4.87. The Bertz CT molecular complexity index is 366. The minimum absolute atomic E-state index is 0.00158. The summed E-state index contributed by atoms with van der Waals surface area (Å²) in [6, 6.07) is 0. The molecule has 0 atom stereocenters. The molecule has 0 aliphatic rings. The van der Waals surface area contributed by atoms with E-state index in [0.29, 0.717) is 0 Å². The number of hydrogen-bond donors (Lipinski definition) is 0. The van der Waals surface area contributed by atoms with Gasteiger partial charge >= 0.3 is 6.75 Å². The highest BCUT2D eigenvalue weighted by molar-refractivity contribution is 7.23. The Hall–Kier alpha value is -0.425. The van der Waals surface area contributed by atoms with Crippen LogP contribution in [0.3, 0.4) is 0 Å². The molecule has 0 N–H and O–H groups in total. The molecule has 110 valence electrons. The topological polar surface area (TPSA) is 40.6 Å². The van der Waals surface area contributed by atoms with Crippen LogP contribution in [-0.2, 0) is 14.0 Å². The van der Waals surface area contributed by atoms with Crippen molar-refractivity contribution in [2.75, 3.05) is 0 Å². The maximum atomic E-state index is 6.02.